The van der Waals surface area contributed by atoms with Gasteiger partial charge >= 0.3 is 0 Å². The van der Waals surface area contributed by atoms with Crippen molar-refractivity contribution >= 4 is 17.5 Å². The lowest BCUT2D eigenvalue weighted by Gasteiger charge is -2.06. The van der Waals surface area contributed by atoms with Crippen molar-refractivity contribution in [1.82, 2.24) is 9.97 Å². The van der Waals surface area contributed by atoms with Crippen molar-refractivity contribution in [2.45, 2.75) is 19.8 Å². The van der Waals surface area contributed by atoms with Crippen LogP contribution in [0.5, 0.6) is 0 Å². The Balaban J connectivity index is 1.92. The lowest BCUT2D eigenvalue weighted by molar-refractivity contribution is 0.627. The molecule has 100 valence electrons. The second kappa shape index (κ2) is 6.48. The molecule has 2 rings (SSSR count). The van der Waals surface area contributed by atoms with E-state index >= 15 is 0 Å². The Kier molecular flexibility index (Phi) is 4.68. The maximum Gasteiger partial charge on any atom is 0.224 e. The number of rotatable bonds is 5. The summed E-state index contributed by atoms with van der Waals surface area (Å²) in [6, 6.07) is 8.22. The first-order valence-electron chi connectivity index (χ1n) is 6.19. The van der Waals surface area contributed by atoms with Gasteiger partial charge in [0, 0.05) is 12.2 Å². The number of hydrogen-bond donors (Lipinski definition) is 1. The molecular weight excluding hydrogens is 265 g/mol. The first-order valence-corrected chi connectivity index (χ1v) is 6.57. The number of benzene rings is 1. The van der Waals surface area contributed by atoms with Gasteiger partial charge in [-0.1, -0.05) is 30.7 Å². The van der Waals surface area contributed by atoms with Crippen LogP contribution in [0.25, 0.3) is 0 Å². The molecule has 5 heteroatoms. The number of anilines is 1. The Morgan fingerprint density at radius 2 is 1.95 bits per heavy atom. The largest absolute Gasteiger partial charge is 0.354 e. The normalized spacial score (nSPS) is 10.5. The van der Waals surface area contributed by atoms with E-state index in [0.29, 0.717) is 17.6 Å². The molecule has 0 spiro atoms. The third-order valence-electron chi connectivity index (χ3n) is 2.72. The molecule has 0 saturated heterocycles. The summed E-state index contributed by atoms with van der Waals surface area (Å²) in [4.78, 5) is 8.44. The van der Waals surface area contributed by atoms with E-state index in [0.717, 1.165) is 24.1 Å². The molecule has 1 heterocycles. The summed E-state index contributed by atoms with van der Waals surface area (Å²) in [6.45, 7) is 2.69. The Bertz CT molecular complexity index is 543. The van der Waals surface area contributed by atoms with Crippen LogP contribution >= 0.6 is 11.6 Å². The van der Waals surface area contributed by atoms with Crippen LogP contribution in [0.2, 0.25) is 5.15 Å². The van der Waals surface area contributed by atoms with E-state index in [1.54, 1.807) is 18.2 Å². The van der Waals surface area contributed by atoms with Crippen LogP contribution in [-0.2, 0) is 12.8 Å². The van der Waals surface area contributed by atoms with Crippen LogP contribution in [0.1, 0.15) is 18.2 Å². The molecule has 0 bridgehead atoms. The van der Waals surface area contributed by atoms with Gasteiger partial charge in [-0.2, -0.15) is 0 Å². The van der Waals surface area contributed by atoms with Gasteiger partial charge in [0.2, 0.25) is 5.95 Å². The van der Waals surface area contributed by atoms with E-state index in [9.17, 15) is 4.39 Å². The number of aromatic nitrogens is 2. The first-order chi connectivity index (χ1) is 9.17. The molecule has 0 atom stereocenters. The van der Waals surface area contributed by atoms with E-state index in [4.69, 9.17) is 11.6 Å². The highest BCUT2D eigenvalue weighted by molar-refractivity contribution is 6.29. The smallest absolute Gasteiger partial charge is 0.224 e. The third kappa shape index (κ3) is 4.17. The zero-order valence-corrected chi connectivity index (χ0v) is 11.4. The highest BCUT2D eigenvalue weighted by Gasteiger charge is 2.02. The average Bonchev–Trinajstić information content (AvgIpc) is 2.40. The summed E-state index contributed by atoms with van der Waals surface area (Å²) in [5.74, 6) is 0.314. The van der Waals surface area contributed by atoms with Gasteiger partial charge in [0.25, 0.3) is 0 Å². The molecule has 19 heavy (non-hydrogen) atoms. The fourth-order valence-corrected chi connectivity index (χ4v) is 1.90. The second-order valence-electron chi connectivity index (χ2n) is 4.16. The molecule has 0 amide bonds. The fraction of sp³-hybridized carbons (Fsp3) is 0.286. The van der Waals surface area contributed by atoms with Crippen LogP contribution in [-0.4, -0.2) is 16.5 Å². The van der Waals surface area contributed by atoms with Gasteiger partial charge in [-0.25, -0.2) is 14.4 Å². The van der Waals surface area contributed by atoms with Crippen molar-refractivity contribution in [3.63, 3.8) is 0 Å². The quantitative estimate of drug-likeness (QED) is 0.852. The van der Waals surface area contributed by atoms with Crippen molar-refractivity contribution < 1.29 is 4.39 Å². The fourth-order valence-electron chi connectivity index (χ4n) is 1.69. The van der Waals surface area contributed by atoms with Crippen molar-refractivity contribution in [1.29, 1.82) is 0 Å². The first kappa shape index (κ1) is 13.7. The van der Waals surface area contributed by atoms with Crippen LogP contribution < -0.4 is 5.32 Å². The Morgan fingerprint density at radius 1 is 1.21 bits per heavy atom. The minimum absolute atomic E-state index is 0.220. The highest BCUT2D eigenvalue weighted by Crippen LogP contribution is 2.11. The SMILES string of the molecule is CCc1cc(Cl)nc(NCCc2ccc(F)cc2)n1. The van der Waals surface area contributed by atoms with Gasteiger partial charge in [-0.05, 0) is 36.6 Å². The third-order valence-corrected chi connectivity index (χ3v) is 2.91. The summed E-state index contributed by atoms with van der Waals surface area (Å²) in [6.07, 6.45) is 1.59. The van der Waals surface area contributed by atoms with Crippen LogP contribution in [0.15, 0.2) is 30.3 Å². The lowest BCUT2D eigenvalue weighted by atomic mass is 10.1. The average molecular weight is 280 g/mol. The number of aryl methyl sites for hydroxylation is 1. The predicted octanol–water partition coefficient (Wildman–Crippen LogP) is 3.49. The van der Waals surface area contributed by atoms with Gasteiger partial charge < -0.3 is 5.32 Å². The number of hydrogen-bond acceptors (Lipinski definition) is 3. The second-order valence-corrected chi connectivity index (χ2v) is 4.55. The van der Waals surface area contributed by atoms with Gasteiger partial charge in [0.1, 0.15) is 11.0 Å². The Morgan fingerprint density at radius 3 is 2.63 bits per heavy atom. The monoisotopic (exact) mass is 279 g/mol. The standard InChI is InChI=1S/C14H15ClFN3/c1-2-12-9-13(15)19-14(18-12)17-8-7-10-3-5-11(16)6-4-10/h3-6,9H,2,7-8H2,1H3,(H,17,18,19). The number of nitrogens with one attached hydrogen (secondary N) is 1. The van der Waals surface area contributed by atoms with Gasteiger partial charge in [-0.3, -0.25) is 0 Å². The summed E-state index contributed by atoms with van der Waals surface area (Å²) < 4.78 is 12.8. The molecule has 1 N–H and O–H groups in total. The van der Waals surface area contributed by atoms with Crippen LogP contribution in [0.4, 0.5) is 10.3 Å². The van der Waals surface area contributed by atoms with E-state index in [1.165, 1.54) is 12.1 Å². The number of halogens is 2. The van der Waals surface area contributed by atoms with Crippen molar-refractivity contribution in [2.75, 3.05) is 11.9 Å². The molecule has 1 aromatic heterocycles. The molecule has 2 aromatic rings. The zero-order chi connectivity index (χ0) is 13.7. The Labute approximate surface area is 116 Å². The summed E-state index contributed by atoms with van der Waals surface area (Å²) in [7, 11) is 0. The highest BCUT2D eigenvalue weighted by atomic mass is 35.5. The van der Waals surface area contributed by atoms with Crippen molar-refractivity contribution in [2.24, 2.45) is 0 Å². The maximum atomic E-state index is 12.8. The summed E-state index contributed by atoms with van der Waals surface area (Å²) in [5.41, 5.74) is 1.97. The minimum atomic E-state index is -0.220. The maximum absolute atomic E-state index is 12.8. The molecular formula is C14H15ClFN3. The van der Waals surface area contributed by atoms with E-state index < -0.39 is 0 Å². The van der Waals surface area contributed by atoms with Gasteiger partial charge in [0.05, 0.1) is 0 Å². The van der Waals surface area contributed by atoms with E-state index in [1.807, 2.05) is 6.92 Å². The van der Waals surface area contributed by atoms with Gasteiger partial charge in [-0.15, -0.1) is 0 Å². The molecule has 0 aliphatic carbocycles. The molecule has 3 nitrogen and oxygen atoms in total. The molecule has 0 unspecified atom stereocenters. The van der Waals surface area contributed by atoms with E-state index in [-0.39, 0.29) is 5.82 Å². The van der Waals surface area contributed by atoms with Crippen LogP contribution in [0, 0.1) is 5.82 Å². The Hall–Kier alpha value is -1.68. The summed E-state index contributed by atoms with van der Waals surface area (Å²) >= 11 is 5.91. The summed E-state index contributed by atoms with van der Waals surface area (Å²) in [5, 5.41) is 3.56. The molecule has 0 aliphatic rings. The molecule has 0 saturated carbocycles. The zero-order valence-electron chi connectivity index (χ0n) is 10.7. The molecule has 0 aliphatic heterocycles. The van der Waals surface area contributed by atoms with E-state index in [2.05, 4.69) is 15.3 Å². The molecule has 0 fully saturated rings. The lowest BCUT2D eigenvalue weighted by Crippen LogP contribution is -2.09. The van der Waals surface area contributed by atoms with Gasteiger partial charge in [0.15, 0.2) is 0 Å². The number of nitrogens with zero attached hydrogens (tertiary/aromatic N) is 2. The van der Waals surface area contributed by atoms with Crippen molar-refractivity contribution in [3.8, 4) is 0 Å². The molecule has 1 aromatic carbocycles. The predicted molar refractivity (Wildman–Crippen MR) is 75.0 cm³/mol. The van der Waals surface area contributed by atoms with Crippen molar-refractivity contribution in [3.05, 3.63) is 52.6 Å². The van der Waals surface area contributed by atoms with Crippen LogP contribution in [0.3, 0.4) is 0 Å². The topological polar surface area (TPSA) is 37.8 Å². The minimum Gasteiger partial charge on any atom is -0.354 e. The molecule has 0 radical (unpaired) electrons.